The van der Waals surface area contributed by atoms with Crippen molar-refractivity contribution >= 4 is 11.6 Å². The third-order valence-corrected chi connectivity index (χ3v) is 4.03. The molecule has 0 radical (unpaired) electrons. The molecule has 26 heavy (non-hydrogen) atoms. The molecular formula is C25H26O. The van der Waals surface area contributed by atoms with Crippen LogP contribution in [0.25, 0.3) is 11.6 Å². The fraction of sp³-hybridized carbons (Fsp3) is 0.200. The van der Waals surface area contributed by atoms with Crippen LogP contribution in [-0.2, 0) is 6.42 Å². The summed E-state index contributed by atoms with van der Waals surface area (Å²) in [5, 5.41) is 0. The molecule has 0 spiro atoms. The Balaban J connectivity index is 1.86. The Morgan fingerprint density at radius 1 is 0.769 bits per heavy atom. The van der Waals surface area contributed by atoms with Crippen molar-refractivity contribution < 1.29 is 4.74 Å². The molecule has 0 aliphatic carbocycles. The smallest absolute Gasteiger partial charge is 0.120 e. The molecular weight excluding hydrogens is 316 g/mol. The van der Waals surface area contributed by atoms with Gasteiger partial charge < -0.3 is 4.74 Å². The highest BCUT2D eigenvalue weighted by Gasteiger charge is 2.11. The number of allylic oxidation sites excluding steroid dienone is 1. The van der Waals surface area contributed by atoms with Crippen LogP contribution in [-0.4, -0.2) is 5.60 Å². The van der Waals surface area contributed by atoms with Crippen molar-refractivity contribution in [3.05, 3.63) is 102 Å². The van der Waals surface area contributed by atoms with Crippen molar-refractivity contribution in [3.8, 4) is 5.75 Å². The maximum Gasteiger partial charge on any atom is 0.120 e. The monoisotopic (exact) mass is 342 g/mol. The molecule has 0 aromatic heterocycles. The molecule has 132 valence electrons. The lowest BCUT2D eigenvalue weighted by atomic mass is 9.96. The minimum absolute atomic E-state index is 0.177. The number of benzene rings is 3. The lowest BCUT2D eigenvalue weighted by molar-refractivity contribution is 0.131. The molecule has 0 aliphatic heterocycles. The molecule has 0 atom stereocenters. The molecule has 0 saturated carbocycles. The van der Waals surface area contributed by atoms with E-state index in [4.69, 9.17) is 4.74 Å². The fourth-order valence-electron chi connectivity index (χ4n) is 2.89. The number of rotatable bonds is 5. The summed E-state index contributed by atoms with van der Waals surface area (Å²) in [7, 11) is 0. The van der Waals surface area contributed by atoms with Gasteiger partial charge in [-0.15, -0.1) is 0 Å². The van der Waals surface area contributed by atoms with Crippen LogP contribution in [0.15, 0.2) is 84.9 Å². The molecule has 1 nitrogen and oxygen atoms in total. The van der Waals surface area contributed by atoms with Crippen molar-refractivity contribution in [1.29, 1.82) is 0 Å². The van der Waals surface area contributed by atoms with Crippen LogP contribution in [0.3, 0.4) is 0 Å². The van der Waals surface area contributed by atoms with E-state index >= 15 is 0 Å². The average molecular weight is 342 g/mol. The second kappa shape index (κ2) is 8.05. The Morgan fingerprint density at radius 3 is 1.92 bits per heavy atom. The van der Waals surface area contributed by atoms with Gasteiger partial charge in [0.2, 0.25) is 0 Å². The summed E-state index contributed by atoms with van der Waals surface area (Å²) in [5.41, 5.74) is 4.88. The lowest BCUT2D eigenvalue weighted by Crippen LogP contribution is -2.22. The third-order valence-electron chi connectivity index (χ3n) is 4.03. The van der Waals surface area contributed by atoms with E-state index in [0.29, 0.717) is 0 Å². The second-order valence-corrected chi connectivity index (χ2v) is 7.48. The Bertz CT molecular complexity index is 838. The van der Waals surface area contributed by atoms with Gasteiger partial charge in [0, 0.05) is 0 Å². The molecule has 0 bridgehead atoms. The highest BCUT2D eigenvalue weighted by atomic mass is 16.5. The molecule has 3 aromatic carbocycles. The molecule has 0 saturated heterocycles. The quantitative estimate of drug-likeness (QED) is 0.472. The van der Waals surface area contributed by atoms with E-state index in [1.54, 1.807) is 0 Å². The van der Waals surface area contributed by atoms with Gasteiger partial charge in [0.1, 0.15) is 11.4 Å². The van der Waals surface area contributed by atoms with Crippen molar-refractivity contribution in [2.45, 2.75) is 32.8 Å². The molecule has 0 N–H and O–H groups in total. The zero-order valence-electron chi connectivity index (χ0n) is 15.8. The van der Waals surface area contributed by atoms with Crippen LogP contribution < -0.4 is 4.74 Å². The molecule has 1 heteroatoms. The summed E-state index contributed by atoms with van der Waals surface area (Å²) in [6.45, 7) is 6.20. The van der Waals surface area contributed by atoms with Crippen molar-refractivity contribution in [1.82, 2.24) is 0 Å². The Morgan fingerprint density at radius 2 is 1.35 bits per heavy atom. The summed E-state index contributed by atoms with van der Waals surface area (Å²) >= 11 is 0. The van der Waals surface area contributed by atoms with Crippen LogP contribution in [0.1, 0.15) is 37.5 Å². The molecule has 3 rings (SSSR count). The first-order valence-corrected chi connectivity index (χ1v) is 9.09. The number of ether oxygens (including phenoxy) is 1. The van der Waals surface area contributed by atoms with Crippen molar-refractivity contribution in [2.75, 3.05) is 0 Å². The summed E-state index contributed by atoms with van der Waals surface area (Å²) < 4.78 is 5.93. The Kier molecular flexibility index (Phi) is 5.58. The largest absolute Gasteiger partial charge is 0.488 e. The minimum atomic E-state index is -0.177. The van der Waals surface area contributed by atoms with E-state index < -0.39 is 0 Å². The van der Waals surface area contributed by atoms with E-state index in [9.17, 15) is 0 Å². The van der Waals surface area contributed by atoms with E-state index in [-0.39, 0.29) is 5.60 Å². The zero-order valence-corrected chi connectivity index (χ0v) is 15.8. The van der Waals surface area contributed by atoms with Crippen LogP contribution in [0.4, 0.5) is 0 Å². The fourth-order valence-corrected chi connectivity index (χ4v) is 2.89. The molecule has 0 aliphatic rings. The number of hydrogen-bond donors (Lipinski definition) is 0. The average Bonchev–Trinajstić information content (AvgIpc) is 2.63. The first-order valence-electron chi connectivity index (χ1n) is 9.09. The van der Waals surface area contributed by atoms with Crippen LogP contribution in [0.2, 0.25) is 0 Å². The van der Waals surface area contributed by atoms with E-state index in [1.807, 2.05) is 6.07 Å². The maximum atomic E-state index is 5.93. The highest BCUT2D eigenvalue weighted by Crippen LogP contribution is 2.25. The van der Waals surface area contributed by atoms with Gasteiger partial charge >= 0.3 is 0 Å². The third kappa shape index (κ3) is 5.35. The maximum absolute atomic E-state index is 5.93. The normalized spacial score (nSPS) is 12.0. The number of hydrogen-bond acceptors (Lipinski definition) is 1. The van der Waals surface area contributed by atoms with E-state index in [1.165, 1.54) is 22.3 Å². The van der Waals surface area contributed by atoms with Gasteiger partial charge in [0.15, 0.2) is 0 Å². The molecule has 3 aromatic rings. The van der Waals surface area contributed by atoms with Crippen LogP contribution in [0, 0.1) is 0 Å². The predicted octanol–water partition coefficient (Wildman–Crippen LogP) is 6.65. The van der Waals surface area contributed by atoms with Gasteiger partial charge in [0.25, 0.3) is 0 Å². The van der Waals surface area contributed by atoms with Gasteiger partial charge in [-0.25, -0.2) is 0 Å². The molecule has 0 amide bonds. The summed E-state index contributed by atoms with van der Waals surface area (Å²) in [6.07, 6.45) is 3.16. The van der Waals surface area contributed by atoms with E-state index in [2.05, 4.69) is 106 Å². The van der Waals surface area contributed by atoms with Gasteiger partial charge in [0.05, 0.1) is 0 Å². The molecule has 0 unspecified atom stereocenters. The Hall–Kier alpha value is -2.80. The second-order valence-electron chi connectivity index (χ2n) is 7.48. The first-order chi connectivity index (χ1) is 12.5. The van der Waals surface area contributed by atoms with Crippen LogP contribution >= 0.6 is 0 Å². The van der Waals surface area contributed by atoms with Gasteiger partial charge in [-0.05, 0) is 61.6 Å². The predicted molar refractivity (Wildman–Crippen MR) is 111 cm³/mol. The highest BCUT2D eigenvalue weighted by molar-refractivity contribution is 5.82. The molecule has 0 fully saturated rings. The van der Waals surface area contributed by atoms with Crippen molar-refractivity contribution in [2.24, 2.45) is 0 Å². The topological polar surface area (TPSA) is 9.23 Å². The minimum Gasteiger partial charge on any atom is -0.488 e. The van der Waals surface area contributed by atoms with Crippen LogP contribution in [0.5, 0.6) is 5.75 Å². The summed E-state index contributed by atoms with van der Waals surface area (Å²) in [6, 6.07) is 29.5. The molecule has 0 heterocycles. The summed E-state index contributed by atoms with van der Waals surface area (Å²) in [5.74, 6) is 0.912. The summed E-state index contributed by atoms with van der Waals surface area (Å²) in [4.78, 5) is 0. The lowest BCUT2D eigenvalue weighted by Gasteiger charge is -2.21. The van der Waals surface area contributed by atoms with E-state index in [0.717, 1.165) is 12.2 Å². The first kappa shape index (κ1) is 18.0. The van der Waals surface area contributed by atoms with Crippen molar-refractivity contribution in [3.63, 3.8) is 0 Å². The SMILES string of the molecule is CC(C)(C)Oc1ccc(C/C(=C/c2ccccc2)c2ccccc2)cc1. The standard InChI is InChI=1S/C25H26O/c1-25(2,3)26-24-16-14-21(15-17-24)19-23(22-12-8-5-9-13-22)18-20-10-6-4-7-11-20/h4-18H,19H2,1-3H3/b23-18-. The van der Waals surface area contributed by atoms with Gasteiger partial charge in [-0.3, -0.25) is 0 Å². The van der Waals surface area contributed by atoms with Gasteiger partial charge in [-0.1, -0.05) is 78.9 Å². The zero-order chi connectivity index (χ0) is 18.4. The van der Waals surface area contributed by atoms with Gasteiger partial charge in [-0.2, -0.15) is 0 Å². The Labute approximate surface area is 157 Å².